The smallest absolute Gasteiger partial charge is 0.347 e. The predicted molar refractivity (Wildman–Crippen MR) is 69.0 cm³/mol. The van der Waals surface area contributed by atoms with E-state index in [0.29, 0.717) is 0 Å². The quantitative estimate of drug-likeness (QED) is 0.600. The van der Waals surface area contributed by atoms with Crippen LogP contribution in [-0.2, 0) is 18.1 Å². The van der Waals surface area contributed by atoms with Crippen LogP contribution in [0.1, 0.15) is 60.8 Å². The Balaban J connectivity index is 4.55. The van der Waals surface area contributed by atoms with Crippen molar-refractivity contribution in [1.29, 1.82) is 0 Å². The maximum absolute atomic E-state index is 12.5. The lowest BCUT2D eigenvalue weighted by molar-refractivity contribution is -0.0809. The zero-order valence-corrected chi connectivity index (χ0v) is 13.0. The molecule has 0 aliphatic heterocycles. The number of hydrogen-bond donors (Lipinski definition) is 0. The lowest BCUT2D eigenvalue weighted by Gasteiger charge is -2.29. The Morgan fingerprint density at radius 2 is 1.00 bits per heavy atom. The van der Waals surface area contributed by atoms with Crippen molar-refractivity contribution in [2.45, 2.75) is 79.1 Å². The molecule has 0 bridgehead atoms. The van der Waals surface area contributed by atoms with Crippen LogP contribution in [0.15, 0.2) is 0 Å². The fraction of sp³-hybridized carbons (Fsp3) is 1.00. The van der Waals surface area contributed by atoms with E-state index in [-0.39, 0.29) is 18.3 Å². The molecule has 3 unspecified atom stereocenters. The molecule has 0 heterocycles. The highest BCUT2D eigenvalue weighted by molar-refractivity contribution is 6.51. The summed E-state index contributed by atoms with van der Waals surface area (Å²) >= 11 is 0. The van der Waals surface area contributed by atoms with Crippen LogP contribution >= 0.6 is 0 Å². The van der Waals surface area contributed by atoms with Gasteiger partial charge in [0.15, 0.2) is 0 Å². The minimum absolute atomic E-state index is 0.118. The third kappa shape index (κ3) is 7.16. The normalized spacial score (nSPS) is 20.6. The van der Waals surface area contributed by atoms with Crippen LogP contribution in [0.2, 0.25) is 0 Å². The van der Waals surface area contributed by atoms with Gasteiger partial charge in [0.2, 0.25) is 0 Å². The summed E-state index contributed by atoms with van der Waals surface area (Å²) in [6.45, 7) is 11.6. The summed E-state index contributed by atoms with van der Waals surface area (Å²) < 4.78 is 16.4. The molecule has 5 heteroatoms. The van der Waals surface area contributed by atoms with Crippen molar-refractivity contribution in [2.75, 3.05) is 0 Å². The summed E-state index contributed by atoms with van der Waals surface area (Å²) in [4.78, 5) is 12.5. The minimum atomic E-state index is -3.75. The summed E-state index contributed by atoms with van der Waals surface area (Å²) in [5.41, 5.74) is 0. The van der Waals surface area contributed by atoms with Crippen LogP contribution in [-0.4, -0.2) is 27.4 Å². The summed E-state index contributed by atoms with van der Waals surface area (Å²) in [5.74, 6) is 0. The van der Waals surface area contributed by atoms with E-state index in [0.717, 1.165) is 19.3 Å². The highest BCUT2D eigenvalue weighted by atomic mass is 28.4. The molecule has 17 heavy (non-hydrogen) atoms. The van der Waals surface area contributed by atoms with Gasteiger partial charge in [0.1, 0.15) is 0 Å². The first-order chi connectivity index (χ1) is 7.86. The van der Waals surface area contributed by atoms with Crippen molar-refractivity contribution < 1.29 is 18.1 Å². The van der Waals surface area contributed by atoms with Gasteiger partial charge in [0.25, 0.3) is 0 Å². The Morgan fingerprint density at radius 3 is 1.18 bits per heavy atom. The fourth-order valence-electron chi connectivity index (χ4n) is 1.07. The van der Waals surface area contributed by atoms with Gasteiger partial charge in [0.05, 0.1) is 0 Å². The van der Waals surface area contributed by atoms with Gasteiger partial charge in [-0.05, 0) is 40.0 Å². The van der Waals surface area contributed by atoms with Crippen LogP contribution in [0.25, 0.3) is 0 Å². The van der Waals surface area contributed by atoms with E-state index < -0.39 is 9.05 Å². The zero-order chi connectivity index (χ0) is 13.5. The lowest BCUT2D eigenvalue weighted by atomic mass is 10.3. The number of rotatable bonds is 9. The monoisotopic (exact) mass is 263 g/mol. The zero-order valence-electron chi connectivity index (χ0n) is 12.0. The van der Waals surface area contributed by atoms with Crippen LogP contribution in [0.4, 0.5) is 0 Å². The highest BCUT2D eigenvalue weighted by Crippen LogP contribution is 2.18. The third-order valence-corrected chi connectivity index (χ3v) is 4.83. The summed E-state index contributed by atoms with van der Waals surface area (Å²) in [7, 11) is -3.75. The fourth-order valence-corrected chi connectivity index (χ4v) is 3.22. The van der Waals surface area contributed by atoms with Crippen molar-refractivity contribution in [3.8, 4) is 0 Å². The molecule has 3 atom stereocenters. The molecule has 0 saturated heterocycles. The largest absolute Gasteiger partial charge is 0.707 e. The standard InChI is InChI=1S/C12H27O4Si/c1-7-10(4)14-17(13,15-11(5)8-2)16-12(6)9-3/h10-12H,7-9H2,1-6H3. The molecule has 0 spiro atoms. The SMILES string of the molecule is CCC(C)O[Si]([O])(OC(C)CC)OC(C)CC. The van der Waals surface area contributed by atoms with E-state index in [1.54, 1.807) is 0 Å². The Morgan fingerprint density at radius 1 is 0.765 bits per heavy atom. The first kappa shape index (κ1) is 17.1. The molecule has 1 radical (unpaired) electrons. The van der Waals surface area contributed by atoms with Crippen molar-refractivity contribution in [3.05, 3.63) is 0 Å². The second-order valence-electron chi connectivity index (χ2n) is 4.51. The van der Waals surface area contributed by atoms with Crippen LogP contribution in [0, 0.1) is 0 Å². The van der Waals surface area contributed by atoms with Crippen molar-refractivity contribution >= 4 is 9.05 Å². The lowest BCUT2D eigenvalue weighted by Crippen LogP contribution is -2.50. The molecular formula is C12H27O4Si. The van der Waals surface area contributed by atoms with Crippen LogP contribution < -0.4 is 0 Å². The van der Waals surface area contributed by atoms with E-state index >= 15 is 0 Å². The van der Waals surface area contributed by atoms with Gasteiger partial charge in [0, 0.05) is 18.3 Å². The highest BCUT2D eigenvalue weighted by Gasteiger charge is 2.47. The molecule has 0 aliphatic rings. The Labute approximate surface area is 107 Å². The average molecular weight is 263 g/mol. The van der Waals surface area contributed by atoms with Gasteiger partial charge < -0.3 is 13.3 Å². The van der Waals surface area contributed by atoms with Gasteiger partial charge in [-0.1, -0.05) is 20.8 Å². The second kappa shape index (κ2) is 8.21. The van der Waals surface area contributed by atoms with E-state index in [4.69, 9.17) is 13.3 Å². The molecule has 0 saturated carbocycles. The van der Waals surface area contributed by atoms with Crippen LogP contribution in [0.3, 0.4) is 0 Å². The molecule has 0 aromatic heterocycles. The van der Waals surface area contributed by atoms with E-state index in [2.05, 4.69) is 0 Å². The molecule has 0 rings (SSSR count). The average Bonchev–Trinajstić information content (AvgIpc) is 2.27. The molecule has 0 aromatic carbocycles. The van der Waals surface area contributed by atoms with Crippen molar-refractivity contribution in [2.24, 2.45) is 0 Å². The molecular weight excluding hydrogens is 236 g/mol. The van der Waals surface area contributed by atoms with E-state index in [1.807, 2.05) is 41.5 Å². The van der Waals surface area contributed by atoms with E-state index in [9.17, 15) is 4.80 Å². The Bertz CT molecular complexity index is 170. The first-order valence-corrected chi connectivity index (χ1v) is 8.23. The number of hydrogen-bond acceptors (Lipinski definition) is 3. The minimum Gasteiger partial charge on any atom is -0.347 e. The summed E-state index contributed by atoms with van der Waals surface area (Å²) in [6.07, 6.45) is 1.99. The predicted octanol–water partition coefficient (Wildman–Crippen LogP) is 3.30. The first-order valence-electron chi connectivity index (χ1n) is 6.60. The molecule has 0 amide bonds. The molecule has 0 fully saturated rings. The summed E-state index contributed by atoms with van der Waals surface area (Å²) in [5, 5.41) is 0. The van der Waals surface area contributed by atoms with Crippen molar-refractivity contribution in [1.82, 2.24) is 0 Å². The second-order valence-corrected chi connectivity index (χ2v) is 6.22. The van der Waals surface area contributed by atoms with Crippen LogP contribution in [0.5, 0.6) is 0 Å². The molecule has 0 aromatic rings. The van der Waals surface area contributed by atoms with E-state index in [1.165, 1.54) is 0 Å². The third-order valence-electron chi connectivity index (χ3n) is 2.76. The van der Waals surface area contributed by atoms with Gasteiger partial charge >= 0.3 is 9.05 Å². The summed E-state index contributed by atoms with van der Waals surface area (Å²) in [6, 6.07) is 0. The van der Waals surface area contributed by atoms with Gasteiger partial charge in [-0.25, -0.2) is 4.80 Å². The Hall–Kier alpha value is 0.0569. The van der Waals surface area contributed by atoms with Gasteiger partial charge in [-0.2, -0.15) is 0 Å². The Kier molecular flexibility index (Phi) is 8.24. The van der Waals surface area contributed by atoms with Gasteiger partial charge in [-0.15, -0.1) is 0 Å². The molecule has 103 valence electrons. The topological polar surface area (TPSA) is 47.6 Å². The van der Waals surface area contributed by atoms with Gasteiger partial charge in [-0.3, -0.25) is 0 Å². The maximum Gasteiger partial charge on any atom is 0.707 e. The van der Waals surface area contributed by atoms with Crippen molar-refractivity contribution in [3.63, 3.8) is 0 Å². The molecule has 0 N–H and O–H groups in total. The maximum atomic E-state index is 12.5. The molecule has 0 aliphatic carbocycles. The molecule has 4 nitrogen and oxygen atoms in total.